The molecule has 7 nitrogen and oxygen atoms in total. The van der Waals surface area contributed by atoms with E-state index in [1.807, 2.05) is 4.98 Å². The van der Waals surface area contributed by atoms with Gasteiger partial charge in [0.15, 0.2) is 11.2 Å². The van der Waals surface area contributed by atoms with Gasteiger partial charge in [-0.25, -0.2) is 9.78 Å². The number of H-pyrrole nitrogens is 2. The second-order valence-electron chi connectivity index (χ2n) is 2.07. The number of aromatic nitrogens is 5. The average molecular weight is 165 g/mol. The zero-order valence-corrected chi connectivity index (χ0v) is 5.74. The van der Waals surface area contributed by atoms with E-state index < -0.39 is 11.2 Å². The van der Waals surface area contributed by atoms with Gasteiger partial charge in [-0.1, -0.05) is 0 Å². The number of hydrogen-bond donors (Lipinski definition) is 2. The molecule has 2 rings (SSSR count). The number of rotatable bonds is 0. The van der Waals surface area contributed by atoms with E-state index in [2.05, 4.69) is 20.2 Å². The van der Waals surface area contributed by atoms with Crippen molar-refractivity contribution < 1.29 is 0 Å². The van der Waals surface area contributed by atoms with Crippen molar-refractivity contribution in [2.75, 3.05) is 0 Å². The normalized spacial score (nSPS) is 10.3. The third-order valence-corrected chi connectivity index (χ3v) is 1.29. The van der Waals surface area contributed by atoms with Gasteiger partial charge in [-0.15, -0.1) is 10.2 Å². The third kappa shape index (κ3) is 0.875. The standard InChI is InChI=1S/C5H3N5O2/c11-4-2-3(6-1-7-10-2)8-5(12)9-4/h1H,(H2,6,7,8,9,11,12). The lowest BCUT2D eigenvalue weighted by molar-refractivity contribution is 0.965. The molecule has 0 aliphatic carbocycles. The molecule has 0 amide bonds. The first-order valence-corrected chi connectivity index (χ1v) is 3.07. The highest BCUT2D eigenvalue weighted by Gasteiger charge is 2.00. The Morgan fingerprint density at radius 3 is 2.92 bits per heavy atom. The monoisotopic (exact) mass is 165 g/mol. The molecule has 60 valence electrons. The molecule has 0 saturated carbocycles. The maximum Gasteiger partial charge on any atom is 0.327 e. The van der Waals surface area contributed by atoms with E-state index in [1.54, 1.807) is 0 Å². The van der Waals surface area contributed by atoms with Crippen LogP contribution in [0.25, 0.3) is 11.2 Å². The van der Waals surface area contributed by atoms with Crippen molar-refractivity contribution in [2.45, 2.75) is 0 Å². The minimum absolute atomic E-state index is 0.0251. The largest absolute Gasteiger partial charge is 0.327 e. The van der Waals surface area contributed by atoms with Gasteiger partial charge in [0, 0.05) is 0 Å². The first-order valence-electron chi connectivity index (χ1n) is 3.07. The maximum absolute atomic E-state index is 11.0. The predicted octanol–water partition coefficient (Wildman–Crippen LogP) is -1.60. The van der Waals surface area contributed by atoms with Crippen LogP contribution in [0.1, 0.15) is 0 Å². The second-order valence-corrected chi connectivity index (χ2v) is 2.07. The Morgan fingerprint density at radius 1 is 1.25 bits per heavy atom. The lowest BCUT2D eigenvalue weighted by Crippen LogP contribution is -2.23. The summed E-state index contributed by atoms with van der Waals surface area (Å²) >= 11 is 0. The van der Waals surface area contributed by atoms with Gasteiger partial charge in [-0.2, -0.15) is 0 Å². The Labute approximate surface area is 64.5 Å². The van der Waals surface area contributed by atoms with Crippen LogP contribution in [-0.4, -0.2) is 25.1 Å². The van der Waals surface area contributed by atoms with Crippen molar-refractivity contribution in [2.24, 2.45) is 0 Å². The zero-order chi connectivity index (χ0) is 8.55. The maximum atomic E-state index is 11.0. The summed E-state index contributed by atoms with van der Waals surface area (Å²) in [7, 11) is 0. The van der Waals surface area contributed by atoms with Crippen LogP contribution >= 0.6 is 0 Å². The van der Waals surface area contributed by atoms with Crippen LogP contribution in [-0.2, 0) is 0 Å². The fourth-order valence-electron chi connectivity index (χ4n) is 0.821. The first kappa shape index (κ1) is 6.65. The van der Waals surface area contributed by atoms with Crippen LogP contribution < -0.4 is 11.2 Å². The minimum Gasteiger partial charge on any atom is -0.290 e. The van der Waals surface area contributed by atoms with Crippen molar-refractivity contribution in [1.82, 2.24) is 25.1 Å². The summed E-state index contributed by atoms with van der Waals surface area (Å²) < 4.78 is 0. The van der Waals surface area contributed by atoms with Gasteiger partial charge >= 0.3 is 5.69 Å². The minimum atomic E-state index is -0.604. The first-order chi connectivity index (χ1) is 5.77. The summed E-state index contributed by atoms with van der Waals surface area (Å²) in [4.78, 5) is 29.6. The Kier molecular flexibility index (Phi) is 1.23. The van der Waals surface area contributed by atoms with E-state index in [-0.39, 0.29) is 11.2 Å². The SMILES string of the molecule is O=c1[nH]c(=O)c2nncnc2[nH]1. The predicted molar refractivity (Wildman–Crippen MR) is 38.6 cm³/mol. The van der Waals surface area contributed by atoms with Gasteiger partial charge in [-0.3, -0.25) is 14.8 Å². The summed E-state index contributed by atoms with van der Waals surface area (Å²) in [6, 6.07) is 0. The van der Waals surface area contributed by atoms with Crippen LogP contribution in [0.4, 0.5) is 0 Å². The Bertz CT molecular complexity index is 527. The van der Waals surface area contributed by atoms with Gasteiger partial charge in [0.25, 0.3) is 5.56 Å². The topological polar surface area (TPSA) is 104 Å². The smallest absolute Gasteiger partial charge is 0.290 e. The van der Waals surface area contributed by atoms with E-state index in [4.69, 9.17) is 0 Å². The molecule has 0 atom stereocenters. The number of nitrogens with zero attached hydrogens (tertiary/aromatic N) is 3. The highest BCUT2D eigenvalue weighted by Crippen LogP contribution is 1.89. The zero-order valence-electron chi connectivity index (χ0n) is 5.74. The van der Waals surface area contributed by atoms with Gasteiger partial charge in [0.05, 0.1) is 0 Å². The lowest BCUT2D eigenvalue weighted by Gasteiger charge is -1.89. The van der Waals surface area contributed by atoms with E-state index in [0.717, 1.165) is 6.33 Å². The molecule has 0 aromatic carbocycles. The molecule has 7 heteroatoms. The van der Waals surface area contributed by atoms with Gasteiger partial charge in [-0.05, 0) is 0 Å². The highest BCUT2D eigenvalue weighted by molar-refractivity contribution is 5.65. The molecular formula is C5H3N5O2. The lowest BCUT2D eigenvalue weighted by atomic mass is 10.5. The number of aromatic amines is 2. The second kappa shape index (κ2) is 2.22. The summed E-state index contributed by atoms with van der Waals surface area (Å²) in [6.07, 6.45) is 1.15. The van der Waals surface area contributed by atoms with Crippen molar-refractivity contribution in [1.29, 1.82) is 0 Å². The van der Waals surface area contributed by atoms with Crippen LogP contribution in [0.3, 0.4) is 0 Å². The van der Waals surface area contributed by atoms with Gasteiger partial charge in [0.2, 0.25) is 0 Å². The molecule has 0 saturated heterocycles. The van der Waals surface area contributed by atoms with Crippen LogP contribution in [0.5, 0.6) is 0 Å². The molecule has 0 radical (unpaired) electrons. The number of fused-ring (bicyclic) bond motifs is 1. The van der Waals surface area contributed by atoms with Crippen molar-refractivity contribution in [3.05, 3.63) is 27.2 Å². The summed E-state index contributed by atoms with van der Waals surface area (Å²) in [5, 5.41) is 6.90. The van der Waals surface area contributed by atoms with Crippen molar-refractivity contribution in [3.63, 3.8) is 0 Å². The third-order valence-electron chi connectivity index (χ3n) is 1.29. The van der Waals surface area contributed by atoms with Gasteiger partial charge < -0.3 is 0 Å². The molecule has 0 bridgehead atoms. The van der Waals surface area contributed by atoms with E-state index in [1.165, 1.54) is 0 Å². The van der Waals surface area contributed by atoms with Crippen molar-refractivity contribution >= 4 is 11.2 Å². The fourth-order valence-corrected chi connectivity index (χ4v) is 0.821. The van der Waals surface area contributed by atoms with Crippen molar-refractivity contribution in [3.8, 4) is 0 Å². The van der Waals surface area contributed by atoms with Gasteiger partial charge in [0.1, 0.15) is 6.33 Å². The molecule has 0 aliphatic heterocycles. The molecule has 2 aromatic rings. The summed E-state index contributed by atoms with van der Waals surface area (Å²) in [5.74, 6) is 0. The summed E-state index contributed by atoms with van der Waals surface area (Å²) in [5.41, 5.74) is -1.03. The van der Waals surface area contributed by atoms with Crippen LogP contribution in [0.15, 0.2) is 15.9 Å². The quantitative estimate of drug-likeness (QED) is 0.489. The number of nitrogens with one attached hydrogen (secondary N) is 2. The molecule has 2 aromatic heterocycles. The van der Waals surface area contributed by atoms with E-state index in [0.29, 0.717) is 0 Å². The molecule has 2 N–H and O–H groups in total. The molecule has 12 heavy (non-hydrogen) atoms. The molecule has 0 spiro atoms. The molecular weight excluding hydrogens is 162 g/mol. The Balaban J connectivity index is 3.09. The Hall–Kier alpha value is -2.05. The van der Waals surface area contributed by atoms with Crippen LogP contribution in [0, 0.1) is 0 Å². The highest BCUT2D eigenvalue weighted by atomic mass is 16.2. The Morgan fingerprint density at radius 2 is 2.08 bits per heavy atom. The molecule has 0 unspecified atom stereocenters. The average Bonchev–Trinajstić information content (AvgIpc) is 2.04. The molecule has 0 fully saturated rings. The van der Waals surface area contributed by atoms with E-state index in [9.17, 15) is 9.59 Å². The molecule has 0 aliphatic rings. The summed E-state index contributed by atoms with van der Waals surface area (Å²) in [6.45, 7) is 0. The fraction of sp³-hybridized carbons (Fsp3) is 0. The van der Waals surface area contributed by atoms with Crippen LogP contribution in [0.2, 0.25) is 0 Å². The number of hydrogen-bond acceptors (Lipinski definition) is 5. The van der Waals surface area contributed by atoms with E-state index >= 15 is 0 Å². The molecule has 2 heterocycles.